The predicted octanol–water partition coefficient (Wildman–Crippen LogP) is 4.08. The molecule has 8 nitrogen and oxygen atoms in total. The monoisotopic (exact) mass is 433 g/mol. The average Bonchev–Trinajstić information content (AvgIpc) is 3.35. The maximum absolute atomic E-state index is 12.5. The molecule has 0 aliphatic carbocycles. The third kappa shape index (κ3) is 4.64. The van der Waals surface area contributed by atoms with Gasteiger partial charge >= 0.3 is 0 Å². The lowest BCUT2D eigenvalue weighted by atomic mass is 10.0. The number of hydrogen-bond donors (Lipinski definition) is 1. The SMILES string of the molecule is COc1ccc(C2=NN(Cc3cccc(NC(=O)c4ccco4)c3)C(=O)CC2)cc1OC. The van der Waals surface area contributed by atoms with Crippen molar-refractivity contribution in [2.75, 3.05) is 19.5 Å². The number of benzene rings is 2. The van der Waals surface area contributed by atoms with E-state index in [1.54, 1.807) is 32.4 Å². The first-order chi connectivity index (χ1) is 15.6. The van der Waals surface area contributed by atoms with E-state index >= 15 is 0 Å². The number of hydrazone groups is 1. The number of carbonyl (C=O) groups excluding carboxylic acids is 2. The number of carbonyl (C=O) groups is 2. The number of rotatable bonds is 7. The van der Waals surface area contributed by atoms with Gasteiger partial charge in [0.15, 0.2) is 17.3 Å². The van der Waals surface area contributed by atoms with Gasteiger partial charge < -0.3 is 19.2 Å². The maximum atomic E-state index is 12.5. The fourth-order valence-electron chi connectivity index (χ4n) is 3.47. The molecule has 2 amide bonds. The number of ether oxygens (including phenoxy) is 2. The molecular formula is C24H23N3O5. The van der Waals surface area contributed by atoms with E-state index in [2.05, 4.69) is 10.4 Å². The van der Waals surface area contributed by atoms with Crippen LogP contribution in [0.25, 0.3) is 0 Å². The Morgan fingerprint density at radius 1 is 1.06 bits per heavy atom. The zero-order valence-electron chi connectivity index (χ0n) is 17.8. The van der Waals surface area contributed by atoms with Crippen LogP contribution in [0.15, 0.2) is 70.4 Å². The summed E-state index contributed by atoms with van der Waals surface area (Å²) < 4.78 is 15.8. The molecule has 8 heteroatoms. The Labute approximate surface area is 185 Å². The number of anilines is 1. The Bertz CT molecular complexity index is 1150. The zero-order chi connectivity index (χ0) is 22.5. The molecule has 0 saturated heterocycles. The third-order valence-electron chi connectivity index (χ3n) is 5.08. The third-order valence-corrected chi connectivity index (χ3v) is 5.08. The number of hydrogen-bond acceptors (Lipinski definition) is 6. The van der Waals surface area contributed by atoms with Crippen LogP contribution in [0.2, 0.25) is 0 Å². The van der Waals surface area contributed by atoms with E-state index in [1.807, 2.05) is 36.4 Å². The standard InChI is InChI=1S/C24H23N3O5/c1-30-20-10-8-17(14-22(20)31-2)19-9-11-23(28)27(26-19)15-16-5-3-6-18(13-16)25-24(29)21-7-4-12-32-21/h3-8,10,12-14H,9,11,15H2,1-2H3,(H,25,29). The summed E-state index contributed by atoms with van der Waals surface area (Å²) in [6, 6.07) is 16.1. The van der Waals surface area contributed by atoms with Gasteiger partial charge in [-0.25, -0.2) is 5.01 Å². The lowest BCUT2D eigenvalue weighted by Crippen LogP contribution is -2.31. The lowest BCUT2D eigenvalue weighted by molar-refractivity contribution is -0.132. The van der Waals surface area contributed by atoms with Crippen LogP contribution in [0.1, 0.15) is 34.5 Å². The summed E-state index contributed by atoms with van der Waals surface area (Å²) in [5, 5.41) is 8.85. The summed E-state index contributed by atoms with van der Waals surface area (Å²) in [5.41, 5.74) is 3.12. The van der Waals surface area contributed by atoms with Crippen LogP contribution in [0.4, 0.5) is 5.69 Å². The first-order valence-electron chi connectivity index (χ1n) is 10.1. The molecule has 1 aliphatic heterocycles. The fraction of sp³-hybridized carbons (Fsp3) is 0.208. The van der Waals surface area contributed by atoms with E-state index in [1.165, 1.54) is 11.3 Å². The van der Waals surface area contributed by atoms with E-state index in [0.29, 0.717) is 36.6 Å². The largest absolute Gasteiger partial charge is 0.493 e. The molecule has 0 saturated carbocycles. The van der Waals surface area contributed by atoms with Crippen LogP contribution >= 0.6 is 0 Å². The van der Waals surface area contributed by atoms with Gasteiger partial charge in [-0.05, 0) is 48.0 Å². The van der Waals surface area contributed by atoms with Gasteiger partial charge in [0.25, 0.3) is 5.91 Å². The maximum Gasteiger partial charge on any atom is 0.291 e. The Morgan fingerprint density at radius 3 is 2.66 bits per heavy atom. The molecule has 0 bridgehead atoms. The van der Waals surface area contributed by atoms with E-state index in [4.69, 9.17) is 13.9 Å². The zero-order valence-corrected chi connectivity index (χ0v) is 17.8. The second-order valence-corrected chi connectivity index (χ2v) is 7.20. The smallest absolute Gasteiger partial charge is 0.291 e. The molecule has 2 aromatic carbocycles. The second kappa shape index (κ2) is 9.38. The topological polar surface area (TPSA) is 93.4 Å². The van der Waals surface area contributed by atoms with Crippen LogP contribution in [-0.2, 0) is 11.3 Å². The van der Waals surface area contributed by atoms with Crippen LogP contribution in [0, 0.1) is 0 Å². The number of furan rings is 1. The van der Waals surface area contributed by atoms with Gasteiger partial charge in [0.05, 0.1) is 32.7 Å². The molecule has 32 heavy (non-hydrogen) atoms. The molecule has 0 fully saturated rings. The molecule has 1 N–H and O–H groups in total. The number of nitrogens with one attached hydrogen (secondary N) is 1. The minimum Gasteiger partial charge on any atom is -0.493 e. The number of nitrogens with zero attached hydrogens (tertiary/aromatic N) is 2. The minimum absolute atomic E-state index is 0.0562. The summed E-state index contributed by atoms with van der Waals surface area (Å²) >= 11 is 0. The molecule has 2 heterocycles. The quantitative estimate of drug-likeness (QED) is 0.606. The molecule has 0 unspecified atom stereocenters. The van der Waals surface area contributed by atoms with Crippen molar-refractivity contribution in [2.45, 2.75) is 19.4 Å². The Balaban J connectivity index is 1.52. The summed E-state index contributed by atoms with van der Waals surface area (Å²) in [6.07, 6.45) is 2.35. The summed E-state index contributed by atoms with van der Waals surface area (Å²) in [5.74, 6) is 1.07. The van der Waals surface area contributed by atoms with Gasteiger partial charge in [-0.15, -0.1) is 0 Å². The van der Waals surface area contributed by atoms with Gasteiger partial charge in [-0.2, -0.15) is 5.10 Å². The van der Waals surface area contributed by atoms with Crippen LogP contribution < -0.4 is 14.8 Å². The molecule has 0 radical (unpaired) electrons. The van der Waals surface area contributed by atoms with Crippen molar-refractivity contribution in [3.63, 3.8) is 0 Å². The van der Waals surface area contributed by atoms with Crippen LogP contribution in [0.3, 0.4) is 0 Å². The summed E-state index contributed by atoms with van der Waals surface area (Å²) in [4.78, 5) is 24.7. The molecule has 0 atom stereocenters. The van der Waals surface area contributed by atoms with Crippen molar-refractivity contribution in [3.05, 3.63) is 77.7 Å². The van der Waals surface area contributed by atoms with Crippen molar-refractivity contribution in [1.29, 1.82) is 0 Å². The van der Waals surface area contributed by atoms with Gasteiger partial charge in [0, 0.05) is 24.1 Å². The normalized spacial score (nSPS) is 13.5. The fourth-order valence-corrected chi connectivity index (χ4v) is 3.47. The first kappa shape index (κ1) is 21.2. The van der Waals surface area contributed by atoms with Crippen molar-refractivity contribution in [1.82, 2.24) is 5.01 Å². The highest BCUT2D eigenvalue weighted by molar-refractivity contribution is 6.04. The Hall–Kier alpha value is -4.07. The molecule has 1 aliphatic rings. The van der Waals surface area contributed by atoms with Crippen LogP contribution in [0.5, 0.6) is 11.5 Å². The molecule has 0 spiro atoms. The van der Waals surface area contributed by atoms with E-state index < -0.39 is 0 Å². The minimum atomic E-state index is -0.338. The second-order valence-electron chi connectivity index (χ2n) is 7.20. The van der Waals surface area contributed by atoms with Crippen molar-refractivity contribution >= 4 is 23.2 Å². The summed E-state index contributed by atoms with van der Waals surface area (Å²) in [7, 11) is 3.17. The van der Waals surface area contributed by atoms with E-state index in [0.717, 1.165) is 16.8 Å². The molecular weight excluding hydrogens is 410 g/mol. The highest BCUT2D eigenvalue weighted by atomic mass is 16.5. The van der Waals surface area contributed by atoms with Gasteiger partial charge in [0.2, 0.25) is 5.91 Å². The molecule has 4 rings (SSSR count). The van der Waals surface area contributed by atoms with Crippen molar-refractivity contribution in [3.8, 4) is 11.5 Å². The van der Waals surface area contributed by atoms with E-state index in [9.17, 15) is 9.59 Å². The van der Waals surface area contributed by atoms with E-state index in [-0.39, 0.29) is 17.6 Å². The van der Waals surface area contributed by atoms with Gasteiger partial charge in [0.1, 0.15) is 0 Å². The van der Waals surface area contributed by atoms with Crippen molar-refractivity contribution < 1.29 is 23.5 Å². The highest BCUT2D eigenvalue weighted by Crippen LogP contribution is 2.29. The number of methoxy groups -OCH3 is 2. The number of amides is 2. The first-order valence-corrected chi connectivity index (χ1v) is 10.1. The predicted molar refractivity (Wildman–Crippen MR) is 119 cm³/mol. The van der Waals surface area contributed by atoms with Gasteiger partial charge in [-0.1, -0.05) is 12.1 Å². The average molecular weight is 433 g/mol. The lowest BCUT2D eigenvalue weighted by Gasteiger charge is -2.24. The highest BCUT2D eigenvalue weighted by Gasteiger charge is 2.22. The van der Waals surface area contributed by atoms with Crippen molar-refractivity contribution in [2.24, 2.45) is 5.10 Å². The van der Waals surface area contributed by atoms with Gasteiger partial charge in [-0.3, -0.25) is 9.59 Å². The van der Waals surface area contributed by atoms with Crippen LogP contribution in [-0.4, -0.2) is 36.8 Å². The molecule has 3 aromatic rings. The molecule has 1 aromatic heterocycles. The summed E-state index contributed by atoms with van der Waals surface area (Å²) in [6.45, 7) is 0.292. The Kier molecular flexibility index (Phi) is 6.21. The Morgan fingerprint density at radius 2 is 1.91 bits per heavy atom. The molecule has 164 valence electrons.